The van der Waals surface area contributed by atoms with Gasteiger partial charge in [0, 0.05) is 37.5 Å². The zero-order valence-electron chi connectivity index (χ0n) is 14.4. The molecule has 1 fully saturated rings. The molecule has 0 aromatic carbocycles. The molecule has 0 bridgehead atoms. The van der Waals surface area contributed by atoms with Gasteiger partial charge in [0.05, 0.1) is 12.7 Å². The van der Waals surface area contributed by atoms with Gasteiger partial charge in [-0.05, 0) is 26.7 Å². The fourth-order valence-electron chi connectivity index (χ4n) is 3.19. The summed E-state index contributed by atoms with van der Waals surface area (Å²) in [6.45, 7) is 8.71. The van der Waals surface area contributed by atoms with Crippen LogP contribution in [0.4, 0.5) is 0 Å². The van der Waals surface area contributed by atoms with Gasteiger partial charge >= 0.3 is 0 Å². The monoisotopic (exact) mass is 318 g/mol. The van der Waals surface area contributed by atoms with Crippen molar-refractivity contribution in [3.05, 3.63) is 29.1 Å². The third-order valence-electron chi connectivity index (χ3n) is 4.65. The Morgan fingerprint density at radius 3 is 2.87 bits per heavy atom. The minimum Gasteiger partial charge on any atom is -0.372 e. The summed E-state index contributed by atoms with van der Waals surface area (Å²) in [4.78, 5) is 0. The van der Waals surface area contributed by atoms with Gasteiger partial charge in [0.15, 0.2) is 0 Å². The summed E-state index contributed by atoms with van der Waals surface area (Å²) in [5, 5.41) is 16.5. The molecule has 1 aliphatic rings. The lowest BCUT2D eigenvalue weighted by atomic mass is 10.0. The van der Waals surface area contributed by atoms with Crippen molar-refractivity contribution in [3.63, 3.8) is 0 Å². The predicted molar refractivity (Wildman–Crippen MR) is 86.9 cm³/mol. The van der Waals surface area contributed by atoms with E-state index in [1.165, 1.54) is 5.56 Å². The van der Waals surface area contributed by atoms with Gasteiger partial charge in [0.2, 0.25) is 0 Å². The van der Waals surface area contributed by atoms with Crippen LogP contribution in [0.25, 0.3) is 0 Å². The fourth-order valence-corrected chi connectivity index (χ4v) is 3.19. The van der Waals surface area contributed by atoms with Crippen LogP contribution in [0.2, 0.25) is 0 Å². The van der Waals surface area contributed by atoms with Crippen molar-refractivity contribution in [2.45, 2.75) is 58.8 Å². The van der Waals surface area contributed by atoms with Gasteiger partial charge in [-0.25, -0.2) is 0 Å². The van der Waals surface area contributed by atoms with Crippen molar-refractivity contribution < 1.29 is 4.74 Å². The van der Waals surface area contributed by atoms with Crippen molar-refractivity contribution in [1.82, 2.24) is 29.9 Å². The molecule has 126 valence electrons. The summed E-state index contributed by atoms with van der Waals surface area (Å²) in [5.74, 6) is 1.98. The molecular weight excluding hydrogens is 292 g/mol. The van der Waals surface area contributed by atoms with Gasteiger partial charge in [-0.15, -0.1) is 10.2 Å². The van der Waals surface area contributed by atoms with E-state index in [2.05, 4.69) is 39.0 Å². The first-order chi connectivity index (χ1) is 11.1. The lowest BCUT2D eigenvalue weighted by molar-refractivity contribution is 0.0977. The summed E-state index contributed by atoms with van der Waals surface area (Å²) < 4.78 is 10.0. The molecule has 2 atom stereocenters. The highest BCUT2D eigenvalue weighted by Gasteiger charge is 2.32. The molecule has 0 aliphatic carbocycles. The van der Waals surface area contributed by atoms with Gasteiger partial charge in [0.25, 0.3) is 0 Å². The highest BCUT2D eigenvalue weighted by Crippen LogP contribution is 2.31. The quantitative estimate of drug-likeness (QED) is 0.877. The summed E-state index contributed by atoms with van der Waals surface area (Å²) >= 11 is 0. The molecule has 7 nitrogen and oxygen atoms in total. The largest absolute Gasteiger partial charge is 0.372 e. The van der Waals surface area contributed by atoms with E-state index in [-0.39, 0.29) is 12.1 Å². The number of aromatic nitrogens is 5. The van der Waals surface area contributed by atoms with Crippen molar-refractivity contribution in [1.29, 1.82) is 0 Å². The third kappa shape index (κ3) is 3.16. The van der Waals surface area contributed by atoms with E-state index >= 15 is 0 Å². The molecule has 1 saturated heterocycles. The Hall–Kier alpha value is -1.73. The van der Waals surface area contributed by atoms with Crippen LogP contribution in [0.1, 0.15) is 48.8 Å². The highest BCUT2D eigenvalue weighted by atomic mass is 16.5. The van der Waals surface area contributed by atoms with Crippen LogP contribution in [0.15, 0.2) is 6.20 Å². The maximum Gasteiger partial charge on any atom is 0.147 e. The van der Waals surface area contributed by atoms with Crippen LogP contribution >= 0.6 is 0 Å². The van der Waals surface area contributed by atoms with Gasteiger partial charge in [-0.2, -0.15) is 5.10 Å². The van der Waals surface area contributed by atoms with E-state index < -0.39 is 0 Å². The molecule has 3 rings (SSSR count). The van der Waals surface area contributed by atoms with Crippen LogP contribution in [0.3, 0.4) is 0 Å². The Morgan fingerprint density at radius 2 is 2.17 bits per heavy atom. The minimum absolute atomic E-state index is 0.0624. The van der Waals surface area contributed by atoms with Crippen LogP contribution in [0, 0.1) is 13.8 Å². The van der Waals surface area contributed by atoms with Crippen molar-refractivity contribution in [2.75, 3.05) is 6.61 Å². The average Bonchev–Trinajstić information content (AvgIpc) is 3.21. The molecule has 0 radical (unpaired) electrons. The minimum atomic E-state index is 0.0624. The molecule has 0 unspecified atom stereocenters. The summed E-state index contributed by atoms with van der Waals surface area (Å²) in [5.41, 5.74) is 2.34. The molecule has 1 aliphatic heterocycles. The Bertz CT molecular complexity index is 662. The van der Waals surface area contributed by atoms with E-state index in [4.69, 9.17) is 4.74 Å². The Labute approximate surface area is 137 Å². The topological polar surface area (TPSA) is 69.8 Å². The second-order valence-corrected chi connectivity index (χ2v) is 6.19. The smallest absolute Gasteiger partial charge is 0.147 e. The summed E-state index contributed by atoms with van der Waals surface area (Å²) in [7, 11) is 1.96. The van der Waals surface area contributed by atoms with Crippen LogP contribution in [-0.2, 0) is 24.9 Å². The Morgan fingerprint density at radius 1 is 1.35 bits per heavy atom. The first-order valence-corrected chi connectivity index (χ1v) is 8.34. The van der Waals surface area contributed by atoms with E-state index in [1.54, 1.807) is 0 Å². The average molecular weight is 318 g/mol. The molecular formula is C16H26N6O. The molecule has 7 heteroatoms. The van der Waals surface area contributed by atoms with Crippen molar-refractivity contribution >= 4 is 0 Å². The second-order valence-electron chi connectivity index (χ2n) is 6.19. The Kier molecular flexibility index (Phi) is 4.77. The van der Waals surface area contributed by atoms with Crippen molar-refractivity contribution in [3.8, 4) is 0 Å². The fraction of sp³-hybridized carbons (Fsp3) is 0.688. The zero-order chi connectivity index (χ0) is 16.4. The van der Waals surface area contributed by atoms with Crippen LogP contribution in [-0.4, -0.2) is 37.2 Å². The highest BCUT2D eigenvalue weighted by molar-refractivity contribution is 5.22. The number of hydrogen-bond acceptors (Lipinski definition) is 5. The molecule has 2 aromatic rings. The number of rotatable bonds is 6. The van der Waals surface area contributed by atoms with E-state index in [1.807, 2.05) is 24.9 Å². The number of aryl methyl sites for hydroxylation is 2. The standard InChI is InChI=1S/C16H26N6O/c1-5-7-22-12(3)19-20-15(22)10-17-14-6-8-23-16(14)13-9-18-21(4)11(13)2/h9,14,16-17H,5-8,10H2,1-4H3/t14-,16+/m0/s1. The molecule has 0 saturated carbocycles. The third-order valence-corrected chi connectivity index (χ3v) is 4.65. The SMILES string of the molecule is CCCn1c(C)nnc1CN[C@H]1CCO[C@@H]1c1cnn(C)c1C. The normalized spacial score (nSPS) is 21.2. The summed E-state index contributed by atoms with van der Waals surface area (Å²) in [6.07, 6.45) is 4.06. The molecule has 23 heavy (non-hydrogen) atoms. The second kappa shape index (κ2) is 6.80. The zero-order valence-corrected chi connectivity index (χ0v) is 14.4. The van der Waals surface area contributed by atoms with Gasteiger partial charge in [-0.1, -0.05) is 6.92 Å². The van der Waals surface area contributed by atoms with Gasteiger partial charge < -0.3 is 14.6 Å². The number of hydrogen-bond donors (Lipinski definition) is 1. The van der Waals surface area contributed by atoms with Crippen LogP contribution < -0.4 is 5.32 Å². The molecule has 1 N–H and O–H groups in total. The Balaban J connectivity index is 1.69. The van der Waals surface area contributed by atoms with Gasteiger partial charge in [-0.3, -0.25) is 4.68 Å². The van der Waals surface area contributed by atoms with Crippen LogP contribution in [0.5, 0.6) is 0 Å². The van der Waals surface area contributed by atoms with E-state index in [9.17, 15) is 0 Å². The first-order valence-electron chi connectivity index (χ1n) is 8.34. The molecule has 3 heterocycles. The van der Waals surface area contributed by atoms with Crippen molar-refractivity contribution in [2.24, 2.45) is 7.05 Å². The van der Waals surface area contributed by atoms with E-state index in [0.717, 1.165) is 43.3 Å². The molecule has 0 spiro atoms. The molecule has 0 amide bonds. The first kappa shape index (κ1) is 16.1. The molecule has 2 aromatic heterocycles. The number of nitrogens with zero attached hydrogens (tertiary/aromatic N) is 5. The lowest BCUT2D eigenvalue weighted by Gasteiger charge is -2.20. The maximum absolute atomic E-state index is 5.96. The van der Waals surface area contributed by atoms with Gasteiger partial charge in [0.1, 0.15) is 17.8 Å². The number of nitrogens with one attached hydrogen (secondary N) is 1. The summed E-state index contributed by atoms with van der Waals surface area (Å²) in [6, 6.07) is 0.282. The number of ether oxygens (including phenoxy) is 1. The van der Waals surface area contributed by atoms with E-state index in [0.29, 0.717) is 6.54 Å². The lowest BCUT2D eigenvalue weighted by Crippen LogP contribution is -2.32. The predicted octanol–water partition coefficient (Wildman–Crippen LogP) is 1.66. The maximum atomic E-state index is 5.96.